The molecule has 0 bridgehead atoms. The van der Waals surface area contributed by atoms with E-state index in [2.05, 4.69) is 25.3 Å². The molecule has 2 heteroatoms. The molecule has 0 heterocycles. The summed E-state index contributed by atoms with van der Waals surface area (Å²) >= 11 is 0. The zero-order valence-corrected chi connectivity index (χ0v) is 12.1. The Morgan fingerprint density at radius 2 is 1.78 bits per heavy atom. The van der Waals surface area contributed by atoms with Crippen LogP contribution in [-0.2, 0) is 0 Å². The predicted octanol–water partition coefficient (Wildman–Crippen LogP) is 3.78. The SMILES string of the molecule is CC(C)C1CCC(C(NN)C2=CCCCC2)CC1. The summed E-state index contributed by atoms with van der Waals surface area (Å²) in [6, 6.07) is 0.457. The minimum Gasteiger partial charge on any atom is -0.271 e. The number of allylic oxidation sites excluding steroid dienone is 1. The van der Waals surface area contributed by atoms with E-state index < -0.39 is 0 Å². The summed E-state index contributed by atoms with van der Waals surface area (Å²) in [4.78, 5) is 0. The third-order valence-corrected chi connectivity index (χ3v) is 5.14. The van der Waals surface area contributed by atoms with Crippen LogP contribution in [0.3, 0.4) is 0 Å². The van der Waals surface area contributed by atoms with Crippen LogP contribution in [0, 0.1) is 17.8 Å². The monoisotopic (exact) mass is 250 g/mol. The highest BCUT2D eigenvalue weighted by atomic mass is 15.2. The summed E-state index contributed by atoms with van der Waals surface area (Å²) in [7, 11) is 0. The summed E-state index contributed by atoms with van der Waals surface area (Å²) in [6.07, 6.45) is 13.2. The van der Waals surface area contributed by atoms with Crippen LogP contribution in [0.1, 0.15) is 65.2 Å². The van der Waals surface area contributed by atoms with Crippen molar-refractivity contribution in [3.63, 3.8) is 0 Å². The maximum absolute atomic E-state index is 5.84. The standard InChI is InChI=1S/C16H30N2/c1-12(2)13-8-10-15(11-9-13)16(18-17)14-6-4-3-5-7-14/h6,12-13,15-16,18H,3-5,7-11,17H2,1-2H3. The fraction of sp³-hybridized carbons (Fsp3) is 0.875. The molecule has 0 aromatic rings. The average Bonchev–Trinajstić information content (AvgIpc) is 2.41. The molecule has 2 aliphatic rings. The minimum absolute atomic E-state index is 0.457. The van der Waals surface area contributed by atoms with Crippen LogP contribution in [0.4, 0.5) is 0 Å². The number of hydrogen-bond donors (Lipinski definition) is 2. The first-order valence-electron chi connectivity index (χ1n) is 7.87. The Kier molecular flexibility index (Phi) is 5.25. The smallest absolute Gasteiger partial charge is 0.0447 e. The maximum atomic E-state index is 5.84. The first kappa shape index (κ1) is 14.1. The van der Waals surface area contributed by atoms with Crippen molar-refractivity contribution in [2.45, 2.75) is 71.3 Å². The highest BCUT2D eigenvalue weighted by Gasteiger charge is 2.30. The molecule has 18 heavy (non-hydrogen) atoms. The van der Waals surface area contributed by atoms with Crippen molar-refractivity contribution in [1.29, 1.82) is 0 Å². The topological polar surface area (TPSA) is 38.0 Å². The molecule has 0 radical (unpaired) electrons. The summed E-state index contributed by atoms with van der Waals surface area (Å²) in [6.45, 7) is 4.74. The van der Waals surface area contributed by atoms with Gasteiger partial charge in [-0.05, 0) is 69.1 Å². The van der Waals surface area contributed by atoms with E-state index in [1.807, 2.05) is 0 Å². The van der Waals surface area contributed by atoms with Crippen LogP contribution in [0.25, 0.3) is 0 Å². The molecule has 1 saturated carbocycles. The summed E-state index contributed by atoms with van der Waals surface area (Å²) < 4.78 is 0. The van der Waals surface area contributed by atoms with E-state index in [4.69, 9.17) is 5.84 Å². The molecule has 0 saturated heterocycles. The van der Waals surface area contributed by atoms with Gasteiger partial charge in [-0.3, -0.25) is 11.3 Å². The summed E-state index contributed by atoms with van der Waals surface area (Å²) in [5.41, 5.74) is 4.71. The van der Waals surface area contributed by atoms with Gasteiger partial charge in [-0.15, -0.1) is 0 Å². The van der Waals surface area contributed by atoms with Crippen molar-refractivity contribution in [3.8, 4) is 0 Å². The van der Waals surface area contributed by atoms with Gasteiger partial charge in [0.15, 0.2) is 0 Å². The van der Waals surface area contributed by atoms with Gasteiger partial charge >= 0.3 is 0 Å². The fourth-order valence-electron chi connectivity index (χ4n) is 3.84. The summed E-state index contributed by atoms with van der Waals surface area (Å²) in [5.74, 6) is 8.41. The molecule has 0 amide bonds. The van der Waals surface area contributed by atoms with Crippen LogP contribution in [0.15, 0.2) is 11.6 Å². The van der Waals surface area contributed by atoms with E-state index in [0.29, 0.717) is 6.04 Å². The third kappa shape index (κ3) is 3.36. The molecular formula is C16H30N2. The zero-order chi connectivity index (χ0) is 13.0. The lowest BCUT2D eigenvalue weighted by molar-refractivity contribution is 0.198. The number of hydrazine groups is 1. The van der Waals surface area contributed by atoms with E-state index in [0.717, 1.165) is 17.8 Å². The van der Waals surface area contributed by atoms with Crippen molar-refractivity contribution < 1.29 is 0 Å². The van der Waals surface area contributed by atoms with Gasteiger partial charge in [0, 0.05) is 6.04 Å². The van der Waals surface area contributed by atoms with Crippen molar-refractivity contribution in [2.24, 2.45) is 23.6 Å². The van der Waals surface area contributed by atoms with Gasteiger partial charge in [-0.1, -0.05) is 25.5 Å². The first-order valence-corrected chi connectivity index (χ1v) is 7.87. The molecule has 104 valence electrons. The maximum Gasteiger partial charge on any atom is 0.0447 e. The van der Waals surface area contributed by atoms with E-state index >= 15 is 0 Å². The number of nitrogens with one attached hydrogen (secondary N) is 1. The van der Waals surface area contributed by atoms with Crippen LogP contribution < -0.4 is 11.3 Å². The second kappa shape index (κ2) is 6.72. The molecule has 0 aliphatic heterocycles. The van der Waals surface area contributed by atoms with E-state index in [1.54, 1.807) is 5.57 Å². The minimum atomic E-state index is 0.457. The molecule has 2 aliphatic carbocycles. The van der Waals surface area contributed by atoms with Gasteiger partial charge in [0.25, 0.3) is 0 Å². The van der Waals surface area contributed by atoms with Crippen molar-refractivity contribution in [3.05, 3.63) is 11.6 Å². The number of nitrogens with two attached hydrogens (primary N) is 1. The lowest BCUT2D eigenvalue weighted by Gasteiger charge is -2.37. The summed E-state index contributed by atoms with van der Waals surface area (Å²) in [5, 5.41) is 0. The van der Waals surface area contributed by atoms with Crippen LogP contribution in [0.2, 0.25) is 0 Å². The van der Waals surface area contributed by atoms with E-state index in [1.165, 1.54) is 51.4 Å². The van der Waals surface area contributed by atoms with Gasteiger partial charge in [-0.2, -0.15) is 0 Å². The molecule has 0 spiro atoms. The highest BCUT2D eigenvalue weighted by molar-refractivity contribution is 5.14. The van der Waals surface area contributed by atoms with E-state index in [-0.39, 0.29) is 0 Å². The zero-order valence-electron chi connectivity index (χ0n) is 12.1. The van der Waals surface area contributed by atoms with Crippen molar-refractivity contribution in [2.75, 3.05) is 0 Å². The Hall–Kier alpha value is -0.340. The number of rotatable bonds is 4. The molecule has 0 aromatic heterocycles. The molecular weight excluding hydrogens is 220 g/mol. The van der Waals surface area contributed by atoms with E-state index in [9.17, 15) is 0 Å². The van der Waals surface area contributed by atoms with Crippen molar-refractivity contribution in [1.82, 2.24) is 5.43 Å². The molecule has 1 unspecified atom stereocenters. The molecule has 2 nitrogen and oxygen atoms in total. The molecule has 1 atom stereocenters. The average molecular weight is 250 g/mol. The van der Waals surface area contributed by atoms with Crippen LogP contribution in [0.5, 0.6) is 0 Å². The van der Waals surface area contributed by atoms with Gasteiger partial charge in [0.05, 0.1) is 0 Å². The van der Waals surface area contributed by atoms with Crippen LogP contribution >= 0.6 is 0 Å². The Morgan fingerprint density at radius 3 is 2.28 bits per heavy atom. The molecule has 0 aromatic carbocycles. The largest absolute Gasteiger partial charge is 0.271 e. The normalized spacial score (nSPS) is 31.2. The lowest BCUT2D eigenvalue weighted by atomic mass is 9.72. The number of hydrogen-bond acceptors (Lipinski definition) is 2. The molecule has 2 rings (SSSR count). The van der Waals surface area contributed by atoms with Gasteiger partial charge < -0.3 is 0 Å². The van der Waals surface area contributed by atoms with Gasteiger partial charge in [-0.25, -0.2) is 0 Å². The Balaban J connectivity index is 1.91. The quantitative estimate of drug-likeness (QED) is 0.453. The second-order valence-electron chi connectivity index (χ2n) is 6.59. The fourth-order valence-corrected chi connectivity index (χ4v) is 3.84. The highest BCUT2D eigenvalue weighted by Crippen LogP contribution is 2.37. The lowest BCUT2D eigenvalue weighted by Crippen LogP contribution is -2.44. The molecule has 3 N–H and O–H groups in total. The van der Waals surface area contributed by atoms with Crippen LogP contribution in [-0.4, -0.2) is 6.04 Å². The Bertz CT molecular complexity index is 275. The first-order chi connectivity index (χ1) is 8.72. The van der Waals surface area contributed by atoms with Crippen molar-refractivity contribution >= 4 is 0 Å². The Morgan fingerprint density at radius 1 is 1.11 bits per heavy atom. The second-order valence-corrected chi connectivity index (χ2v) is 6.59. The van der Waals surface area contributed by atoms with Gasteiger partial charge in [0.2, 0.25) is 0 Å². The molecule has 1 fully saturated rings. The van der Waals surface area contributed by atoms with Gasteiger partial charge in [0.1, 0.15) is 0 Å². The predicted molar refractivity (Wildman–Crippen MR) is 77.9 cm³/mol. The Labute approximate surface area is 112 Å². The third-order valence-electron chi connectivity index (χ3n) is 5.14.